The van der Waals surface area contributed by atoms with Gasteiger partial charge in [0.1, 0.15) is 5.82 Å². The summed E-state index contributed by atoms with van der Waals surface area (Å²) in [6, 6.07) is 4.68. The van der Waals surface area contributed by atoms with Crippen LogP contribution >= 0.6 is 23.6 Å². The number of aryl methyl sites for hydroxylation is 2. The molecule has 0 aliphatic rings. The standard InChI is InChI=1S/C14H15FN4OS2/c1-8-3-4-10(5-12(8)15)17-14(21)19-18-13(20)6-11-7-22-9(2)16-11/h3-5,7H,6H2,1-2H3,(H,18,20)(H2,17,19,21). The Kier molecular flexibility index (Phi) is 5.40. The van der Waals surface area contributed by atoms with Gasteiger partial charge in [-0.1, -0.05) is 6.07 Å². The molecule has 0 fully saturated rings. The number of thiazole rings is 1. The molecule has 0 atom stereocenters. The van der Waals surface area contributed by atoms with Gasteiger partial charge in [0.2, 0.25) is 5.91 Å². The zero-order valence-electron chi connectivity index (χ0n) is 12.1. The van der Waals surface area contributed by atoms with Gasteiger partial charge in [-0.05, 0) is 43.8 Å². The zero-order chi connectivity index (χ0) is 16.1. The van der Waals surface area contributed by atoms with Crippen LogP contribution in [0.25, 0.3) is 0 Å². The molecule has 0 aliphatic heterocycles. The Bertz CT molecular complexity index is 702. The molecule has 8 heteroatoms. The minimum absolute atomic E-state index is 0.166. The highest BCUT2D eigenvalue weighted by molar-refractivity contribution is 7.80. The molecule has 0 spiro atoms. The second kappa shape index (κ2) is 7.28. The molecule has 5 nitrogen and oxygen atoms in total. The fourth-order valence-corrected chi connectivity index (χ4v) is 2.44. The quantitative estimate of drug-likeness (QED) is 0.593. The third-order valence-corrected chi connectivity index (χ3v) is 3.78. The third kappa shape index (κ3) is 4.74. The lowest BCUT2D eigenvalue weighted by molar-refractivity contribution is -0.121. The Morgan fingerprint density at radius 1 is 1.36 bits per heavy atom. The first-order valence-corrected chi connectivity index (χ1v) is 7.76. The number of nitrogens with one attached hydrogen (secondary N) is 3. The number of rotatable bonds is 3. The maximum Gasteiger partial charge on any atom is 0.244 e. The summed E-state index contributed by atoms with van der Waals surface area (Å²) in [4.78, 5) is 15.9. The molecule has 0 saturated heterocycles. The van der Waals surface area contributed by atoms with Crippen molar-refractivity contribution in [2.75, 3.05) is 5.32 Å². The Labute approximate surface area is 136 Å². The first-order chi connectivity index (χ1) is 10.4. The number of hydrogen-bond acceptors (Lipinski definition) is 4. The average Bonchev–Trinajstić information content (AvgIpc) is 2.86. The van der Waals surface area contributed by atoms with Gasteiger partial charge in [0, 0.05) is 11.1 Å². The van der Waals surface area contributed by atoms with Gasteiger partial charge in [-0.15, -0.1) is 11.3 Å². The normalized spacial score (nSPS) is 10.1. The van der Waals surface area contributed by atoms with E-state index in [4.69, 9.17) is 12.2 Å². The minimum Gasteiger partial charge on any atom is -0.331 e. The van der Waals surface area contributed by atoms with E-state index >= 15 is 0 Å². The number of thiocarbonyl (C=S) groups is 1. The van der Waals surface area contributed by atoms with Crippen molar-refractivity contribution in [3.63, 3.8) is 0 Å². The molecule has 22 heavy (non-hydrogen) atoms. The van der Waals surface area contributed by atoms with Gasteiger partial charge in [-0.25, -0.2) is 9.37 Å². The van der Waals surface area contributed by atoms with Crippen LogP contribution < -0.4 is 16.2 Å². The van der Waals surface area contributed by atoms with Crippen LogP contribution in [-0.2, 0) is 11.2 Å². The topological polar surface area (TPSA) is 66.0 Å². The van der Waals surface area contributed by atoms with Crippen molar-refractivity contribution >= 4 is 40.3 Å². The molecule has 1 aromatic carbocycles. The first-order valence-electron chi connectivity index (χ1n) is 6.47. The Hall–Kier alpha value is -2.06. The molecular weight excluding hydrogens is 323 g/mol. The molecule has 2 aromatic rings. The van der Waals surface area contributed by atoms with Gasteiger partial charge in [0.05, 0.1) is 17.1 Å². The Morgan fingerprint density at radius 3 is 2.77 bits per heavy atom. The van der Waals surface area contributed by atoms with Crippen molar-refractivity contribution in [1.82, 2.24) is 15.8 Å². The van der Waals surface area contributed by atoms with Crippen molar-refractivity contribution in [1.29, 1.82) is 0 Å². The molecule has 0 saturated carbocycles. The van der Waals surface area contributed by atoms with E-state index in [0.29, 0.717) is 16.9 Å². The fourth-order valence-electron chi connectivity index (χ4n) is 1.66. The predicted octanol–water partition coefficient (Wildman–Crippen LogP) is 2.46. The number of hydrazine groups is 1. The summed E-state index contributed by atoms with van der Waals surface area (Å²) >= 11 is 6.52. The van der Waals surface area contributed by atoms with Gasteiger partial charge >= 0.3 is 0 Å². The SMILES string of the molecule is Cc1nc(CC(=O)NNC(=S)Nc2ccc(C)c(F)c2)cs1. The fraction of sp³-hybridized carbons (Fsp3) is 0.214. The van der Waals surface area contributed by atoms with Gasteiger partial charge in [-0.2, -0.15) is 0 Å². The van der Waals surface area contributed by atoms with E-state index in [1.54, 1.807) is 19.1 Å². The van der Waals surface area contributed by atoms with Crippen LogP contribution in [0.3, 0.4) is 0 Å². The Balaban J connectivity index is 1.79. The maximum atomic E-state index is 13.4. The van der Waals surface area contributed by atoms with E-state index < -0.39 is 0 Å². The average molecular weight is 338 g/mol. The van der Waals surface area contributed by atoms with E-state index in [-0.39, 0.29) is 23.3 Å². The number of halogens is 1. The van der Waals surface area contributed by atoms with Crippen LogP contribution in [-0.4, -0.2) is 16.0 Å². The summed E-state index contributed by atoms with van der Waals surface area (Å²) in [5.41, 5.74) is 6.80. The summed E-state index contributed by atoms with van der Waals surface area (Å²) in [6.45, 7) is 3.56. The molecule has 1 heterocycles. The largest absolute Gasteiger partial charge is 0.331 e. The molecule has 0 unspecified atom stereocenters. The summed E-state index contributed by atoms with van der Waals surface area (Å²) in [6.07, 6.45) is 0.166. The molecule has 1 aromatic heterocycles. The van der Waals surface area contributed by atoms with Crippen molar-refractivity contribution in [2.24, 2.45) is 0 Å². The van der Waals surface area contributed by atoms with E-state index in [9.17, 15) is 9.18 Å². The number of carbonyl (C=O) groups is 1. The summed E-state index contributed by atoms with van der Waals surface area (Å²) in [7, 11) is 0. The molecule has 1 amide bonds. The molecule has 0 radical (unpaired) electrons. The van der Waals surface area contributed by atoms with Crippen LogP contribution in [0.5, 0.6) is 0 Å². The lowest BCUT2D eigenvalue weighted by atomic mass is 10.2. The van der Waals surface area contributed by atoms with Crippen LogP contribution in [0.2, 0.25) is 0 Å². The summed E-state index contributed by atoms with van der Waals surface area (Å²) in [5, 5.41) is 5.70. The second-order valence-electron chi connectivity index (χ2n) is 4.63. The van der Waals surface area contributed by atoms with Gasteiger partial charge in [0.15, 0.2) is 5.11 Å². The van der Waals surface area contributed by atoms with Crippen molar-refractivity contribution in [3.8, 4) is 0 Å². The number of hydrogen-bond donors (Lipinski definition) is 3. The number of benzene rings is 1. The Morgan fingerprint density at radius 2 is 2.14 bits per heavy atom. The zero-order valence-corrected chi connectivity index (χ0v) is 13.7. The van der Waals surface area contributed by atoms with E-state index in [1.165, 1.54) is 17.4 Å². The highest BCUT2D eigenvalue weighted by atomic mass is 32.1. The molecule has 116 valence electrons. The summed E-state index contributed by atoms with van der Waals surface area (Å²) < 4.78 is 13.4. The minimum atomic E-state index is -0.323. The highest BCUT2D eigenvalue weighted by Crippen LogP contribution is 2.13. The van der Waals surface area contributed by atoms with Crippen molar-refractivity contribution in [3.05, 3.63) is 45.7 Å². The molecule has 0 aliphatic carbocycles. The third-order valence-electron chi connectivity index (χ3n) is 2.75. The highest BCUT2D eigenvalue weighted by Gasteiger charge is 2.07. The van der Waals surface area contributed by atoms with E-state index in [1.807, 2.05) is 12.3 Å². The summed E-state index contributed by atoms with van der Waals surface area (Å²) in [5.74, 6) is -0.583. The van der Waals surface area contributed by atoms with Crippen molar-refractivity contribution in [2.45, 2.75) is 20.3 Å². The number of anilines is 1. The first kappa shape index (κ1) is 16.3. The number of nitrogens with zero attached hydrogens (tertiary/aromatic N) is 1. The van der Waals surface area contributed by atoms with Crippen LogP contribution in [0, 0.1) is 19.7 Å². The molecule has 2 rings (SSSR count). The van der Waals surface area contributed by atoms with Crippen molar-refractivity contribution < 1.29 is 9.18 Å². The lowest BCUT2D eigenvalue weighted by Crippen LogP contribution is -2.44. The van der Waals surface area contributed by atoms with Gasteiger partial charge in [0.25, 0.3) is 0 Å². The second-order valence-corrected chi connectivity index (χ2v) is 6.10. The van der Waals surface area contributed by atoms with Crippen LogP contribution in [0.4, 0.5) is 10.1 Å². The predicted molar refractivity (Wildman–Crippen MR) is 89.2 cm³/mol. The van der Waals surface area contributed by atoms with Gasteiger partial charge < -0.3 is 5.32 Å². The number of amides is 1. The molecule has 0 bridgehead atoms. The smallest absolute Gasteiger partial charge is 0.244 e. The van der Waals surface area contributed by atoms with E-state index in [2.05, 4.69) is 21.2 Å². The van der Waals surface area contributed by atoms with E-state index in [0.717, 1.165) is 5.01 Å². The van der Waals surface area contributed by atoms with Gasteiger partial charge in [-0.3, -0.25) is 15.6 Å². The monoisotopic (exact) mass is 338 g/mol. The molecular formula is C14H15FN4OS2. The van der Waals surface area contributed by atoms with Crippen LogP contribution in [0.1, 0.15) is 16.3 Å². The number of carbonyl (C=O) groups excluding carboxylic acids is 1. The number of aromatic nitrogens is 1. The maximum absolute atomic E-state index is 13.4. The van der Waals surface area contributed by atoms with Crippen LogP contribution in [0.15, 0.2) is 23.6 Å². The molecule has 3 N–H and O–H groups in total. The lowest BCUT2D eigenvalue weighted by Gasteiger charge is -2.11.